The minimum absolute atomic E-state index is 0.00576. The molecular weight excluding hydrogens is 444 g/mol. The van der Waals surface area contributed by atoms with Gasteiger partial charge in [0, 0.05) is 11.4 Å². The number of benzene rings is 2. The Morgan fingerprint density at radius 1 is 1.13 bits per heavy atom. The predicted molar refractivity (Wildman–Crippen MR) is 116 cm³/mol. The lowest BCUT2D eigenvalue weighted by Crippen LogP contribution is -2.43. The zero-order valence-corrected chi connectivity index (χ0v) is 18.4. The number of sulfonamides is 1. The van der Waals surface area contributed by atoms with Crippen LogP contribution in [0.3, 0.4) is 0 Å². The molecule has 2 aromatic rings. The maximum absolute atomic E-state index is 12.9. The molecule has 0 spiro atoms. The molecule has 1 atom stereocenters. The van der Waals surface area contributed by atoms with Crippen LogP contribution < -0.4 is 9.62 Å². The van der Waals surface area contributed by atoms with E-state index in [2.05, 4.69) is 4.72 Å². The van der Waals surface area contributed by atoms with E-state index in [-0.39, 0.29) is 22.8 Å². The molecule has 1 N–H and O–H groups in total. The molecule has 0 saturated carbocycles. The Balaban J connectivity index is 1.72. The SMILES string of the molecule is CS(=O)(=O)Nc1cccc(C(=O)OCC(=O)N(c2ccccc2)C2CCS(=O)(=O)C2)c1. The molecule has 9 nitrogen and oxygen atoms in total. The quantitative estimate of drug-likeness (QED) is 0.612. The Labute approximate surface area is 181 Å². The highest BCUT2D eigenvalue weighted by molar-refractivity contribution is 7.92. The Morgan fingerprint density at radius 3 is 2.45 bits per heavy atom. The van der Waals surface area contributed by atoms with Crippen LogP contribution in [0.5, 0.6) is 0 Å². The molecule has 1 saturated heterocycles. The van der Waals surface area contributed by atoms with Gasteiger partial charge in [0.2, 0.25) is 10.0 Å². The molecule has 1 heterocycles. The average Bonchev–Trinajstić information content (AvgIpc) is 3.05. The van der Waals surface area contributed by atoms with E-state index >= 15 is 0 Å². The first-order chi connectivity index (χ1) is 14.5. The van der Waals surface area contributed by atoms with Gasteiger partial charge in [-0.05, 0) is 36.8 Å². The Morgan fingerprint density at radius 2 is 1.84 bits per heavy atom. The molecule has 1 amide bonds. The summed E-state index contributed by atoms with van der Waals surface area (Å²) < 4.78 is 53.9. The van der Waals surface area contributed by atoms with Crippen molar-refractivity contribution in [3.8, 4) is 0 Å². The van der Waals surface area contributed by atoms with Crippen LogP contribution in [0.4, 0.5) is 11.4 Å². The summed E-state index contributed by atoms with van der Waals surface area (Å²) in [5.74, 6) is -1.51. The lowest BCUT2D eigenvalue weighted by atomic mass is 10.2. The fourth-order valence-electron chi connectivity index (χ4n) is 3.33. The second-order valence-corrected chi connectivity index (χ2v) is 11.2. The van der Waals surface area contributed by atoms with Crippen molar-refractivity contribution in [2.45, 2.75) is 12.5 Å². The van der Waals surface area contributed by atoms with Crippen LogP contribution in [-0.2, 0) is 29.4 Å². The highest BCUT2D eigenvalue weighted by Gasteiger charge is 2.35. The first-order valence-electron chi connectivity index (χ1n) is 9.36. The fourth-order valence-corrected chi connectivity index (χ4v) is 5.58. The summed E-state index contributed by atoms with van der Waals surface area (Å²) in [5, 5.41) is 0. The molecular formula is C20H22N2O7S2. The second kappa shape index (κ2) is 9.06. The van der Waals surface area contributed by atoms with Crippen LogP contribution >= 0.6 is 0 Å². The minimum Gasteiger partial charge on any atom is -0.452 e. The molecule has 166 valence electrons. The van der Waals surface area contributed by atoms with Gasteiger partial charge in [0.1, 0.15) is 0 Å². The highest BCUT2D eigenvalue weighted by atomic mass is 32.2. The topological polar surface area (TPSA) is 127 Å². The van der Waals surface area contributed by atoms with E-state index in [4.69, 9.17) is 4.74 Å². The van der Waals surface area contributed by atoms with E-state index in [1.165, 1.54) is 29.2 Å². The van der Waals surface area contributed by atoms with Gasteiger partial charge in [0.15, 0.2) is 16.4 Å². The third kappa shape index (κ3) is 6.28. The van der Waals surface area contributed by atoms with E-state index in [0.717, 1.165) is 6.26 Å². The number of esters is 1. The number of amides is 1. The number of ether oxygens (including phenoxy) is 1. The zero-order valence-electron chi connectivity index (χ0n) is 16.7. The number of nitrogens with zero attached hydrogens (tertiary/aromatic N) is 1. The van der Waals surface area contributed by atoms with E-state index in [1.54, 1.807) is 30.3 Å². The summed E-state index contributed by atoms with van der Waals surface area (Å²) in [6.45, 7) is -0.589. The Bertz CT molecular complexity index is 1180. The molecule has 0 bridgehead atoms. The normalized spacial score (nSPS) is 17.6. The molecule has 1 fully saturated rings. The lowest BCUT2D eigenvalue weighted by molar-refractivity contribution is -0.122. The third-order valence-corrected chi connectivity index (χ3v) is 6.96. The number of hydrogen-bond donors (Lipinski definition) is 1. The molecule has 11 heteroatoms. The van der Waals surface area contributed by atoms with Gasteiger partial charge in [-0.25, -0.2) is 21.6 Å². The summed E-state index contributed by atoms with van der Waals surface area (Å²) in [6.07, 6.45) is 1.29. The average molecular weight is 467 g/mol. The van der Waals surface area contributed by atoms with Gasteiger partial charge in [-0.2, -0.15) is 0 Å². The maximum Gasteiger partial charge on any atom is 0.338 e. The van der Waals surface area contributed by atoms with Gasteiger partial charge in [-0.15, -0.1) is 0 Å². The highest BCUT2D eigenvalue weighted by Crippen LogP contribution is 2.24. The van der Waals surface area contributed by atoms with Crippen LogP contribution in [0.15, 0.2) is 54.6 Å². The van der Waals surface area contributed by atoms with Crippen molar-refractivity contribution in [1.29, 1.82) is 0 Å². The first kappa shape index (κ1) is 22.8. The summed E-state index contributed by atoms with van der Waals surface area (Å²) in [7, 11) is -6.75. The monoisotopic (exact) mass is 466 g/mol. The van der Waals surface area contributed by atoms with Crippen molar-refractivity contribution in [2.75, 3.05) is 34.0 Å². The number of anilines is 2. The predicted octanol–water partition coefficient (Wildman–Crippen LogP) is 1.44. The smallest absolute Gasteiger partial charge is 0.338 e. The van der Waals surface area contributed by atoms with Crippen LogP contribution in [0.2, 0.25) is 0 Å². The molecule has 3 rings (SSSR count). The van der Waals surface area contributed by atoms with Crippen LogP contribution in [0.1, 0.15) is 16.8 Å². The van der Waals surface area contributed by atoms with Gasteiger partial charge in [-0.3, -0.25) is 9.52 Å². The van der Waals surface area contributed by atoms with Gasteiger partial charge in [-0.1, -0.05) is 24.3 Å². The maximum atomic E-state index is 12.9. The van der Waals surface area contributed by atoms with Crippen molar-refractivity contribution in [3.63, 3.8) is 0 Å². The number of hydrogen-bond acceptors (Lipinski definition) is 7. The molecule has 1 aliphatic heterocycles. The molecule has 31 heavy (non-hydrogen) atoms. The number of sulfone groups is 1. The van der Waals surface area contributed by atoms with Gasteiger partial charge in [0.05, 0.1) is 29.4 Å². The van der Waals surface area contributed by atoms with Crippen LogP contribution in [-0.4, -0.2) is 59.1 Å². The first-order valence-corrected chi connectivity index (χ1v) is 13.1. The zero-order chi connectivity index (χ0) is 22.6. The Hall–Kier alpha value is -2.92. The number of rotatable bonds is 7. The van der Waals surface area contributed by atoms with E-state index in [0.29, 0.717) is 12.1 Å². The molecule has 0 aromatic heterocycles. The molecule has 0 radical (unpaired) electrons. The molecule has 1 aliphatic rings. The Kier molecular flexibility index (Phi) is 6.65. The molecule has 1 unspecified atom stereocenters. The van der Waals surface area contributed by atoms with Gasteiger partial charge >= 0.3 is 5.97 Å². The summed E-state index contributed by atoms with van der Waals surface area (Å²) >= 11 is 0. The van der Waals surface area contributed by atoms with Gasteiger partial charge in [0.25, 0.3) is 5.91 Å². The van der Waals surface area contributed by atoms with Gasteiger partial charge < -0.3 is 9.64 Å². The molecule has 0 aliphatic carbocycles. The largest absolute Gasteiger partial charge is 0.452 e. The number of nitrogens with one attached hydrogen (secondary N) is 1. The summed E-state index contributed by atoms with van der Waals surface area (Å²) in [5.41, 5.74) is 0.770. The van der Waals surface area contributed by atoms with Crippen molar-refractivity contribution in [3.05, 3.63) is 60.2 Å². The van der Waals surface area contributed by atoms with Crippen molar-refractivity contribution in [2.24, 2.45) is 0 Å². The summed E-state index contributed by atoms with van der Waals surface area (Å²) in [4.78, 5) is 26.6. The minimum atomic E-state index is -3.52. The third-order valence-electron chi connectivity index (χ3n) is 4.60. The fraction of sp³-hybridized carbons (Fsp3) is 0.300. The van der Waals surface area contributed by atoms with Crippen molar-refractivity contribution < 1.29 is 31.2 Å². The van der Waals surface area contributed by atoms with E-state index in [1.807, 2.05) is 0 Å². The number of carbonyl (C=O) groups excluding carboxylic acids is 2. The lowest BCUT2D eigenvalue weighted by Gasteiger charge is -2.28. The van der Waals surface area contributed by atoms with Crippen LogP contribution in [0.25, 0.3) is 0 Å². The number of para-hydroxylation sites is 1. The van der Waals surface area contributed by atoms with Crippen LogP contribution in [0, 0.1) is 0 Å². The second-order valence-electron chi connectivity index (χ2n) is 7.19. The van der Waals surface area contributed by atoms with Crippen molar-refractivity contribution in [1.82, 2.24) is 0 Å². The summed E-state index contributed by atoms with van der Waals surface area (Å²) in [6, 6.07) is 13.7. The van der Waals surface area contributed by atoms with Crippen molar-refractivity contribution >= 4 is 43.1 Å². The van der Waals surface area contributed by atoms with E-state index in [9.17, 15) is 26.4 Å². The van der Waals surface area contributed by atoms with E-state index < -0.39 is 44.4 Å². The number of carbonyl (C=O) groups is 2. The molecule has 2 aromatic carbocycles. The standard InChI is InChI=1S/C20H22N2O7S2/c1-30(25,26)21-16-7-5-6-15(12-16)20(24)29-13-19(23)22(17-8-3-2-4-9-17)18-10-11-31(27,28)14-18/h2-9,12,18,21H,10-11,13-14H2,1H3.